The summed E-state index contributed by atoms with van der Waals surface area (Å²) in [5.74, 6) is -1.62. The van der Waals surface area contributed by atoms with Gasteiger partial charge >= 0.3 is 12.1 Å². The number of nitrogens with one attached hydrogen (secondary N) is 1. The highest BCUT2D eigenvalue weighted by Gasteiger charge is 2.30. The van der Waals surface area contributed by atoms with Gasteiger partial charge in [-0.1, -0.05) is 0 Å². The van der Waals surface area contributed by atoms with E-state index in [2.05, 4.69) is 5.32 Å². The molecular formula is C17H13F3N2O5. The SMILES string of the molecule is C[C@@H](OC(=O)c1ccc([N+](=O)[O-])cc1)C(=O)Nc1ccc(C(F)(F)F)cc1. The van der Waals surface area contributed by atoms with Crippen LogP contribution in [0.25, 0.3) is 0 Å². The summed E-state index contributed by atoms with van der Waals surface area (Å²) in [6.07, 6.45) is -5.73. The van der Waals surface area contributed by atoms with Gasteiger partial charge in [-0.15, -0.1) is 0 Å². The predicted octanol–water partition coefficient (Wildman–Crippen LogP) is 3.80. The number of amides is 1. The van der Waals surface area contributed by atoms with Crippen LogP contribution < -0.4 is 5.32 Å². The molecule has 7 nitrogen and oxygen atoms in total. The number of non-ortho nitro benzene ring substituents is 1. The van der Waals surface area contributed by atoms with Crippen molar-refractivity contribution in [1.29, 1.82) is 0 Å². The summed E-state index contributed by atoms with van der Waals surface area (Å²) >= 11 is 0. The fourth-order valence-corrected chi connectivity index (χ4v) is 1.99. The van der Waals surface area contributed by atoms with Gasteiger partial charge in [-0.05, 0) is 43.3 Å². The molecule has 0 bridgehead atoms. The molecule has 0 saturated carbocycles. The summed E-state index contributed by atoms with van der Waals surface area (Å²) < 4.78 is 42.5. The molecule has 0 unspecified atom stereocenters. The number of anilines is 1. The standard InChI is InChI=1S/C17H13F3N2O5/c1-10(27-16(24)11-2-8-14(9-3-11)22(25)26)15(23)21-13-6-4-12(5-7-13)17(18,19)20/h2-10H,1H3,(H,21,23)/t10-/m1/s1. The first kappa shape index (κ1) is 19.9. The van der Waals surface area contributed by atoms with E-state index in [0.29, 0.717) is 0 Å². The molecule has 0 saturated heterocycles. The number of carbonyl (C=O) groups is 2. The predicted molar refractivity (Wildman–Crippen MR) is 88.0 cm³/mol. The van der Waals surface area contributed by atoms with Gasteiger partial charge in [0.05, 0.1) is 16.1 Å². The third kappa shape index (κ3) is 5.27. The van der Waals surface area contributed by atoms with Gasteiger partial charge in [0, 0.05) is 17.8 Å². The molecule has 0 aliphatic carbocycles. The molecule has 1 N–H and O–H groups in total. The van der Waals surface area contributed by atoms with Crippen LogP contribution in [0.2, 0.25) is 0 Å². The highest BCUT2D eigenvalue weighted by atomic mass is 19.4. The first-order valence-electron chi connectivity index (χ1n) is 7.51. The van der Waals surface area contributed by atoms with E-state index in [1.54, 1.807) is 0 Å². The van der Waals surface area contributed by atoms with Gasteiger partial charge in [-0.25, -0.2) is 4.79 Å². The van der Waals surface area contributed by atoms with Crippen LogP contribution in [0, 0.1) is 10.1 Å². The summed E-state index contributed by atoms with van der Waals surface area (Å²) in [5.41, 5.74) is -0.959. The number of benzene rings is 2. The van der Waals surface area contributed by atoms with Crippen molar-refractivity contribution in [3.05, 3.63) is 69.8 Å². The van der Waals surface area contributed by atoms with E-state index in [9.17, 15) is 32.9 Å². The number of hydrogen-bond acceptors (Lipinski definition) is 5. The minimum Gasteiger partial charge on any atom is -0.449 e. The van der Waals surface area contributed by atoms with Crippen LogP contribution in [0.3, 0.4) is 0 Å². The average molecular weight is 382 g/mol. The van der Waals surface area contributed by atoms with Crippen molar-refractivity contribution in [2.75, 3.05) is 5.32 Å². The molecule has 142 valence electrons. The quantitative estimate of drug-likeness (QED) is 0.482. The van der Waals surface area contributed by atoms with E-state index in [1.165, 1.54) is 19.1 Å². The maximum absolute atomic E-state index is 12.5. The normalized spacial score (nSPS) is 12.1. The molecule has 10 heteroatoms. The van der Waals surface area contributed by atoms with E-state index < -0.39 is 34.6 Å². The van der Waals surface area contributed by atoms with Crippen LogP contribution in [0.15, 0.2) is 48.5 Å². The Labute approximate surface area is 150 Å². The molecule has 0 spiro atoms. The van der Waals surface area contributed by atoms with E-state index in [4.69, 9.17) is 4.74 Å². The summed E-state index contributed by atoms with van der Waals surface area (Å²) in [6.45, 7) is 1.28. The lowest BCUT2D eigenvalue weighted by Gasteiger charge is -2.14. The highest BCUT2D eigenvalue weighted by Crippen LogP contribution is 2.29. The number of rotatable bonds is 5. The van der Waals surface area contributed by atoms with Gasteiger partial charge in [-0.2, -0.15) is 13.2 Å². The van der Waals surface area contributed by atoms with E-state index >= 15 is 0 Å². The minimum absolute atomic E-state index is 0.00906. The van der Waals surface area contributed by atoms with Crippen molar-refractivity contribution in [3.63, 3.8) is 0 Å². The Morgan fingerprint density at radius 2 is 1.63 bits per heavy atom. The minimum atomic E-state index is -4.49. The average Bonchev–Trinajstić information content (AvgIpc) is 2.61. The third-order valence-electron chi connectivity index (χ3n) is 3.45. The Morgan fingerprint density at radius 1 is 1.07 bits per heavy atom. The van der Waals surface area contributed by atoms with Gasteiger partial charge in [0.1, 0.15) is 0 Å². The number of nitro benzene ring substituents is 1. The monoisotopic (exact) mass is 382 g/mol. The Kier molecular flexibility index (Phi) is 5.78. The Bertz CT molecular complexity index is 848. The molecule has 0 aliphatic rings. The summed E-state index contributed by atoms with van der Waals surface area (Å²) in [4.78, 5) is 33.9. The Balaban J connectivity index is 1.96. The van der Waals surface area contributed by atoms with Gasteiger partial charge in [0.15, 0.2) is 6.10 Å². The number of halogens is 3. The smallest absolute Gasteiger partial charge is 0.416 e. The van der Waals surface area contributed by atoms with E-state index in [1.807, 2.05) is 0 Å². The van der Waals surface area contributed by atoms with Crippen molar-refractivity contribution in [1.82, 2.24) is 0 Å². The van der Waals surface area contributed by atoms with Crippen molar-refractivity contribution in [2.24, 2.45) is 0 Å². The number of carbonyl (C=O) groups excluding carboxylic acids is 2. The lowest BCUT2D eigenvalue weighted by molar-refractivity contribution is -0.384. The van der Waals surface area contributed by atoms with Crippen LogP contribution in [0.4, 0.5) is 24.5 Å². The topological polar surface area (TPSA) is 98.5 Å². The van der Waals surface area contributed by atoms with E-state index in [0.717, 1.165) is 36.4 Å². The summed E-state index contributed by atoms with van der Waals surface area (Å²) in [6, 6.07) is 8.36. The Morgan fingerprint density at radius 3 is 2.11 bits per heavy atom. The van der Waals surface area contributed by atoms with Crippen LogP contribution in [-0.4, -0.2) is 22.9 Å². The van der Waals surface area contributed by atoms with Crippen molar-refractivity contribution < 1.29 is 32.4 Å². The van der Waals surface area contributed by atoms with Crippen LogP contribution >= 0.6 is 0 Å². The first-order chi connectivity index (χ1) is 12.6. The molecular weight excluding hydrogens is 369 g/mol. The molecule has 0 radical (unpaired) electrons. The van der Waals surface area contributed by atoms with Crippen LogP contribution in [-0.2, 0) is 15.7 Å². The largest absolute Gasteiger partial charge is 0.449 e. The number of alkyl halides is 3. The maximum atomic E-state index is 12.5. The zero-order valence-electron chi connectivity index (χ0n) is 13.8. The molecule has 27 heavy (non-hydrogen) atoms. The molecule has 0 aliphatic heterocycles. The molecule has 1 atom stereocenters. The maximum Gasteiger partial charge on any atom is 0.416 e. The van der Waals surface area contributed by atoms with Gasteiger partial charge in [-0.3, -0.25) is 14.9 Å². The number of nitrogens with zero attached hydrogens (tertiary/aromatic N) is 1. The fourth-order valence-electron chi connectivity index (χ4n) is 1.99. The number of ether oxygens (including phenoxy) is 1. The molecule has 2 rings (SSSR count). The lowest BCUT2D eigenvalue weighted by atomic mass is 10.2. The number of esters is 1. The summed E-state index contributed by atoms with van der Waals surface area (Å²) in [5, 5.41) is 12.9. The highest BCUT2D eigenvalue weighted by molar-refractivity contribution is 5.97. The third-order valence-corrected chi connectivity index (χ3v) is 3.45. The molecule has 0 aromatic heterocycles. The second kappa shape index (κ2) is 7.85. The molecule has 2 aromatic rings. The fraction of sp³-hybridized carbons (Fsp3) is 0.176. The second-order valence-electron chi connectivity index (χ2n) is 5.42. The molecule has 2 aromatic carbocycles. The zero-order chi connectivity index (χ0) is 20.2. The number of hydrogen-bond donors (Lipinski definition) is 1. The van der Waals surface area contributed by atoms with Crippen molar-refractivity contribution in [2.45, 2.75) is 19.2 Å². The molecule has 0 heterocycles. The lowest BCUT2D eigenvalue weighted by Crippen LogP contribution is -2.30. The van der Waals surface area contributed by atoms with Gasteiger partial charge < -0.3 is 10.1 Å². The molecule has 0 fully saturated rings. The van der Waals surface area contributed by atoms with Gasteiger partial charge in [0.25, 0.3) is 11.6 Å². The first-order valence-corrected chi connectivity index (χ1v) is 7.51. The van der Waals surface area contributed by atoms with Crippen molar-refractivity contribution in [3.8, 4) is 0 Å². The van der Waals surface area contributed by atoms with Crippen LogP contribution in [0.1, 0.15) is 22.8 Å². The zero-order valence-corrected chi connectivity index (χ0v) is 13.8. The molecule has 1 amide bonds. The Hall–Kier alpha value is -3.43. The van der Waals surface area contributed by atoms with Crippen LogP contribution in [0.5, 0.6) is 0 Å². The number of nitro groups is 1. The van der Waals surface area contributed by atoms with Gasteiger partial charge in [0.2, 0.25) is 0 Å². The second-order valence-corrected chi connectivity index (χ2v) is 5.42. The summed E-state index contributed by atoms with van der Waals surface area (Å²) in [7, 11) is 0. The van der Waals surface area contributed by atoms with E-state index in [-0.39, 0.29) is 16.9 Å². The van der Waals surface area contributed by atoms with Crippen molar-refractivity contribution >= 4 is 23.3 Å².